The van der Waals surface area contributed by atoms with E-state index in [1.807, 2.05) is 0 Å². The third-order valence-corrected chi connectivity index (χ3v) is 5.78. The molecule has 5 nitrogen and oxygen atoms in total. The number of thiol groups is 1. The van der Waals surface area contributed by atoms with Crippen molar-refractivity contribution in [3.63, 3.8) is 0 Å². The molecule has 0 bridgehead atoms. The quantitative estimate of drug-likeness (QED) is 0.556. The molecule has 3 saturated heterocycles. The lowest BCUT2D eigenvalue weighted by Crippen LogP contribution is -2.66. The van der Waals surface area contributed by atoms with E-state index in [2.05, 4.69) is 29.4 Å². The molecular weight excluding hydrogens is 381 g/mol. The van der Waals surface area contributed by atoms with Crippen LogP contribution in [0.25, 0.3) is 0 Å². The lowest BCUT2D eigenvalue weighted by atomic mass is 9.73. The maximum atomic E-state index is 12.5. The van der Waals surface area contributed by atoms with Crippen molar-refractivity contribution >= 4 is 18.5 Å². The molecule has 1 atom stereocenters. The summed E-state index contributed by atoms with van der Waals surface area (Å²) < 4.78 is 48.8. The fraction of sp³-hybridized carbons (Fsp3) is 0.833. The van der Waals surface area contributed by atoms with E-state index in [-0.39, 0.29) is 24.9 Å². The van der Waals surface area contributed by atoms with Gasteiger partial charge in [0.05, 0.1) is 19.7 Å². The summed E-state index contributed by atoms with van der Waals surface area (Å²) in [5.41, 5.74) is -0.637. The molecular formula is C18H25F3N2O3S. The molecule has 1 spiro atoms. The molecule has 27 heavy (non-hydrogen) atoms. The third kappa shape index (κ3) is 4.73. The van der Waals surface area contributed by atoms with Crippen LogP contribution in [-0.2, 0) is 14.3 Å². The van der Waals surface area contributed by atoms with E-state index in [9.17, 15) is 18.0 Å². The second-order valence-corrected chi connectivity index (χ2v) is 8.51. The number of amides is 1. The average Bonchev–Trinajstić information content (AvgIpc) is 2.54. The minimum Gasteiger partial charge on any atom is -0.381 e. The highest BCUT2D eigenvalue weighted by Gasteiger charge is 2.53. The highest BCUT2D eigenvalue weighted by molar-refractivity contribution is 7.81. The zero-order valence-electron chi connectivity index (χ0n) is 15.3. The summed E-state index contributed by atoms with van der Waals surface area (Å²) in [6, 6.07) is 0. The van der Waals surface area contributed by atoms with Crippen molar-refractivity contribution in [3.8, 4) is 11.8 Å². The summed E-state index contributed by atoms with van der Waals surface area (Å²) in [6.07, 6.45) is -2.68. The minimum atomic E-state index is -4.87. The number of ether oxygens (including phenoxy) is 2. The lowest BCUT2D eigenvalue weighted by Gasteiger charge is -2.53. The first kappa shape index (κ1) is 20.8. The van der Waals surface area contributed by atoms with Gasteiger partial charge in [0.15, 0.2) is 5.60 Å². The first-order valence-electron chi connectivity index (χ1n) is 9.09. The molecule has 0 aromatic carbocycles. The van der Waals surface area contributed by atoms with Gasteiger partial charge in [0.1, 0.15) is 0 Å². The van der Waals surface area contributed by atoms with Gasteiger partial charge >= 0.3 is 12.1 Å². The number of alkyl halides is 3. The summed E-state index contributed by atoms with van der Waals surface area (Å²) in [6.45, 7) is 6.01. The van der Waals surface area contributed by atoms with Gasteiger partial charge in [-0.2, -0.15) is 25.8 Å². The third-order valence-electron chi connectivity index (χ3n) is 5.47. The summed E-state index contributed by atoms with van der Waals surface area (Å²) in [7, 11) is 0. The van der Waals surface area contributed by atoms with Crippen molar-refractivity contribution in [2.75, 3.05) is 52.5 Å². The molecule has 0 aromatic heterocycles. The number of halogens is 3. The van der Waals surface area contributed by atoms with E-state index in [1.165, 1.54) is 0 Å². The van der Waals surface area contributed by atoms with E-state index >= 15 is 0 Å². The Morgan fingerprint density at radius 3 is 2.44 bits per heavy atom. The molecule has 3 aliphatic heterocycles. The number of nitrogens with zero attached hydrogens (tertiary/aromatic N) is 2. The Balaban J connectivity index is 1.42. The molecule has 3 rings (SSSR count). The van der Waals surface area contributed by atoms with Gasteiger partial charge in [-0.15, -0.1) is 5.92 Å². The molecule has 3 fully saturated rings. The zero-order chi connectivity index (χ0) is 19.7. The smallest absolute Gasteiger partial charge is 0.381 e. The Labute approximate surface area is 162 Å². The highest BCUT2D eigenvalue weighted by atomic mass is 32.1. The fourth-order valence-corrected chi connectivity index (χ4v) is 4.39. The Kier molecular flexibility index (Phi) is 6.02. The zero-order valence-corrected chi connectivity index (χ0v) is 16.2. The van der Waals surface area contributed by atoms with Crippen molar-refractivity contribution in [3.05, 3.63) is 0 Å². The van der Waals surface area contributed by atoms with Crippen molar-refractivity contribution in [1.29, 1.82) is 0 Å². The Hall–Kier alpha value is -0.950. The maximum Gasteiger partial charge on any atom is 0.471 e. The standard InChI is InChI=1S/C18H25F3N2O3S/c1-2-3-17(12-23(13-17)15(24)18(19,20)21)26-9-14(27)8-22-10-16(11-22)4-6-25-7-5-16/h14,27H,4-13H2,1H3/t14-/m1/s1. The summed E-state index contributed by atoms with van der Waals surface area (Å²) in [5, 5.41) is -0.0647. The SMILES string of the molecule is CC#CC1(OC[C@H](S)CN2CC3(CCOCC3)C2)CN(C(=O)C(F)(F)F)C1. The largest absolute Gasteiger partial charge is 0.471 e. The van der Waals surface area contributed by atoms with Gasteiger partial charge in [0.25, 0.3) is 0 Å². The van der Waals surface area contributed by atoms with Crippen LogP contribution in [0.5, 0.6) is 0 Å². The summed E-state index contributed by atoms with van der Waals surface area (Å²) in [5.74, 6) is 3.67. The van der Waals surface area contributed by atoms with Crippen LogP contribution in [0.3, 0.4) is 0 Å². The average molecular weight is 406 g/mol. The minimum absolute atomic E-state index is 0.0647. The molecule has 0 radical (unpaired) electrons. The molecule has 3 aliphatic rings. The number of carbonyl (C=O) groups is 1. The van der Waals surface area contributed by atoms with E-state index in [4.69, 9.17) is 9.47 Å². The molecule has 1 amide bonds. The molecule has 0 aromatic rings. The van der Waals surface area contributed by atoms with E-state index < -0.39 is 17.7 Å². The van der Waals surface area contributed by atoms with Crippen molar-refractivity contribution < 1.29 is 27.4 Å². The predicted molar refractivity (Wildman–Crippen MR) is 96.5 cm³/mol. The van der Waals surface area contributed by atoms with Gasteiger partial charge in [-0.1, -0.05) is 5.92 Å². The van der Waals surface area contributed by atoms with Crippen molar-refractivity contribution in [2.24, 2.45) is 5.41 Å². The van der Waals surface area contributed by atoms with Gasteiger partial charge in [-0.05, 0) is 19.8 Å². The van der Waals surface area contributed by atoms with Gasteiger partial charge in [-0.3, -0.25) is 4.79 Å². The van der Waals surface area contributed by atoms with Gasteiger partial charge < -0.3 is 19.3 Å². The van der Waals surface area contributed by atoms with Crippen molar-refractivity contribution in [2.45, 2.75) is 36.8 Å². The lowest BCUT2D eigenvalue weighted by molar-refractivity contribution is -0.202. The number of hydrogen-bond donors (Lipinski definition) is 1. The fourth-order valence-electron chi connectivity index (χ4n) is 4.09. The molecule has 0 saturated carbocycles. The summed E-state index contributed by atoms with van der Waals surface area (Å²) >= 11 is 4.56. The Morgan fingerprint density at radius 1 is 1.26 bits per heavy atom. The number of carbonyl (C=O) groups excluding carboxylic acids is 1. The molecule has 3 heterocycles. The first-order chi connectivity index (χ1) is 12.7. The van der Waals surface area contributed by atoms with Crippen LogP contribution in [0, 0.1) is 17.3 Å². The van der Waals surface area contributed by atoms with E-state index in [0.717, 1.165) is 50.6 Å². The molecule has 152 valence electrons. The van der Waals surface area contributed by atoms with Crippen LogP contribution >= 0.6 is 12.6 Å². The molecule has 0 N–H and O–H groups in total. The van der Waals surface area contributed by atoms with E-state index in [0.29, 0.717) is 5.41 Å². The van der Waals surface area contributed by atoms with Crippen LogP contribution in [0.2, 0.25) is 0 Å². The highest BCUT2D eigenvalue weighted by Crippen LogP contribution is 2.40. The molecule has 9 heteroatoms. The van der Waals surface area contributed by atoms with Crippen LogP contribution in [-0.4, -0.2) is 85.3 Å². The van der Waals surface area contributed by atoms with Crippen LogP contribution in [0.4, 0.5) is 13.2 Å². The summed E-state index contributed by atoms with van der Waals surface area (Å²) in [4.78, 5) is 14.3. The number of hydrogen-bond acceptors (Lipinski definition) is 5. The second-order valence-electron chi connectivity index (χ2n) is 7.78. The molecule has 0 unspecified atom stereocenters. The van der Waals surface area contributed by atoms with Crippen molar-refractivity contribution in [1.82, 2.24) is 9.80 Å². The van der Waals surface area contributed by atoms with E-state index in [1.54, 1.807) is 6.92 Å². The Morgan fingerprint density at radius 2 is 1.89 bits per heavy atom. The van der Waals surface area contributed by atoms with Crippen LogP contribution < -0.4 is 0 Å². The normalized spacial score (nSPS) is 25.1. The second kappa shape index (κ2) is 7.82. The maximum absolute atomic E-state index is 12.5. The van der Waals surface area contributed by atoms with Gasteiger partial charge in [-0.25, -0.2) is 0 Å². The number of likely N-dealkylation sites (tertiary alicyclic amines) is 2. The topological polar surface area (TPSA) is 42.0 Å². The Bertz CT molecular complexity index is 612. The van der Waals surface area contributed by atoms with Gasteiger partial charge in [0.2, 0.25) is 0 Å². The number of rotatable bonds is 5. The monoisotopic (exact) mass is 406 g/mol. The van der Waals surface area contributed by atoms with Crippen LogP contribution in [0.1, 0.15) is 19.8 Å². The predicted octanol–water partition coefficient (Wildman–Crippen LogP) is 1.58. The molecule has 0 aliphatic carbocycles. The van der Waals surface area contributed by atoms with Gasteiger partial charge in [0, 0.05) is 43.5 Å². The first-order valence-corrected chi connectivity index (χ1v) is 9.61. The van der Waals surface area contributed by atoms with Crippen LogP contribution in [0.15, 0.2) is 0 Å².